The third kappa shape index (κ3) is 2.65. The highest BCUT2D eigenvalue weighted by atomic mass is 16.3. The van der Waals surface area contributed by atoms with Crippen molar-refractivity contribution in [3.8, 4) is 0 Å². The molecule has 1 aliphatic rings. The van der Waals surface area contributed by atoms with E-state index in [1.807, 2.05) is 48.5 Å². The smallest absolute Gasteiger partial charge is 0.261 e. The number of aliphatic hydroxyl groups is 1. The molecule has 0 aliphatic carbocycles. The number of benzene rings is 4. The summed E-state index contributed by atoms with van der Waals surface area (Å²) >= 11 is 0. The molecule has 5 rings (SSSR count). The number of carbonyl (C=O) groups is 2. The van der Waals surface area contributed by atoms with Gasteiger partial charge in [-0.2, -0.15) is 0 Å². The van der Waals surface area contributed by atoms with Crippen molar-refractivity contribution in [2.75, 3.05) is 4.90 Å². The van der Waals surface area contributed by atoms with E-state index in [1.165, 1.54) is 4.90 Å². The van der Waals surface area contributed by atoms with E-state index < -0.39 is 6.23 Å². The predicted octanol–water partition coefficient (Wildman–Crippen LogP) is 4.72. The predicted molar refractivity (Wildman–Crippen MR) is 112 cm³/mol. The summed E-state index contributed by atoms with van der Waals surface area (Å²) < 4.78 is 0. The number of carbonyl (C=O) groups excluding carboxylic acids is 2. The molecule has 4 aromatic rings. The number of anilines is 1. The minimum atomic E-state index is -1.12. The van der Waals surface area contributed by atoms with Gasteiger partial charge in [-0.05, 0) is 29.7 Å². The van der Waals surface area contributed by atoms with Gasteiger partial charge in [0, 0.05) is 33.3 Å². The molecular formula is C25H17NO3. The summed E-state index contributed by atoms with van der Waals surface area (Å²) in [6.07, 6.45) is -1.12. The Kier molecular flexibility index (Phi) is 4.00. The molecule has 29 heavy (non-hydrogen) atoms. The summed E-state index contributed by atoms with van der Waals surface area (Å²) in [4.78, 5) is 27.7. The summed E-state index contributed by atoms with van der Waals surface area (Å²) in [5.74, 6) is -0.396. The molecule has 0 saturated heterocycles. The maximum absolute atomic E-state index is 13.2. The van der Waals surface area contributed by atoms with Crippen LogP contribution in [0.2, 0.25) is 0 Å². The quantitative estimate of drug-likeness (QED) is 0.524. The average molecular weight is 379 g/mol. The van der Waals surface area contributed by atoms with Crippen molar-refractivity contribution in [2.45, 2.75) is 6.23 Å². The fourth-order valence-corrected chi connectivity index (χ4v) is 4.00. The van der Waals surface area contributed by atoms with Crippen LogP contribution in [0.1, 0.15) is 38.1 Å². The third-order valence-electron chi connectivity index (χ3n) is 5.36. The van der Waals surface area contributed by atoms with Crippen molar-refractivity contribution in [2.24, 2.45) is 0 Å². The average Bonchev–Trinajstić information content (AvgIpc) is 2.78. The molecule has 0 aromatic heterocycles. The van der Waals surface area contributed by atoms with Crippen LogP contribution in [0.5, 0.6) is 0 Å². The lowest BCUT2D eigenvalue weighted by atomic mass is 9.88. The van der Waals surface area contributed by atoms with Crippen LogP contribution in [-0.4, -0.2) is 16.8 Å². The molecule has 0 saturated carbocycles. The van der Waals surface area contributed by atoms with Crippen molar-refractivity contribution < 1.29 is 14.7 Å². The Hall–Kier alpha value is -3.76. The van der Waals surface area contributed by atoms with Gasteiger partial charge in [-0.25, -0.2) is 0 Å². The summed E-state index contributed by atoms with van der Waals surface area (Å²) in [5, 5.41) is 12.3. The zero-order chi connectivity index (χ0) is 20.0. The van der Waals surface area contributed by atoms with E-state index in [2.05, 4.69) is 0 Å². The van der Waals surface area contributed by atoms with E-state index in [1.54, 1.807) is 42.5 Å². The van der Waals surface area contributed by atoms with Crippen molar-refractivity contribution in [3.63, 3.8) is 0 Å². The van der Waals surface area contributed by atoms with Crippen LogP contribution in [-0.2, 0) is 0 Å². The molecule has 1 aliphatic heterocycles. The highest BCUT2D eigenvalue weighted by Gasteiger charge is 2.34. The molecular weight excluding hydrogens is 362 g/mol. The molecule has 0 radical (unpaired) electrons. The van der Waals surface area contributed by atoms with Crippen molar-refractivity contribution in [1.82, 2.24) is 0 Å². The van der Waals surface area contributed by atoms with E-state index >= 15 is 0 Å². The Morgan fingerprint density at radius 3 is 2.21 bits per heavy atom. The normalized spacial score (nSPS) is 15.6. The van der Waals surface area contributed by atoms with Crippen LogP contribution in [0.25, 0.3) is 10.8 Å². The SMILES string of the molecule is O=C(c1ccccc1)c1ccc2c3c(cccc13)C(O)N(c1ccccc1)C2=O. The van der Waals surface area contributed by atoms with Crippen LogP contribution in [0, 0.1) is 0 Å². The summed E-state index contributed by atoms with van der Waals surface area (Å²) in [5.41, 5.74) is 2.82. The first-order chi connectivity index (χ1) is 14.2. The van der Waals surface area contributed by atoms with Crippen LogP contribution < -0.4 is 4.90 Å². The van der Waals surface area contributed by atoms with E-state index in [0.717, 1.165) is 0 Å². The number of ketones is 1. The first kappa shape index (κ1) is 17.3. The monoisotopic (exact) mass is 379 g/mol. The molecule has 1 unspecified atom stereocenters. The number of aliphatic hydroxyl groups excluding tert-OH is 1. The van der Waals surface area contributed by atoms with Gasteiger partial charge in [0.1, 0.15) is 0 Å². The van der Waals surface area contributed by atoms with Crippen LogP contribution in [0.15, 0.2) is 91.0 Å². The first-order valence-electron chi connectivity index (χ1n) is 9.39. The minimum Gasteiger partial charge on any atom is -0.369 e. The number of hydrogen-bond donors (Lipinski definition) is 1. The van der Waals surface area contributed by atoms with Gasteiger partial charge in [-0.15, -0.1) is 0 Å². The Morgan fingerprint density at radius 1 is 0.793 bits per heavy atom. The maximum Gasteiger partial charge on any atom is 0.261 e. The Morgan fingerprint density at radius 2 is 1.48 bits per heavy atom. The Bertz CT molecular complexity index is 1250. The molecule has 1 N–H and O–H groups in total. The van der Waals surface area contributed by atoms with Gasteiger partial charge < -0.3 is 5.11 Å². The highest BCUT2D eigenvalue weighted by Crippen LogP contribution is 2.39. The number of hydrogen-bond acceptors (Lipinski definition) is 3. The number of nitrogens with zero attached hydrogens (tertiary/aromatic N) is 1. The van der Waals surface area contributed by atoms with E-state index in [-0.39, 0.29) is 11.7 Å². The molecule has 4 nitrogen and oxygen atoms in total. The molecule has 4 aromatic carbocycles. The fraction of sp³-hybridized carbons (Fsp3) is 0.0400. The van der Waals surface area contributed by atoms with Gasteiger partial charge in [0.25, 0.3) is 5.91 Å². The van der Waals surface area contributed by atoms with E-state index in [0.29, 0.717) is 38.7 Å². The lowest BCUT2D eigenvalue weighted by molar-refractivity contribution is 0.0878. The van der Waals surface area contributed by atoms with Crippen molar-refractivity contribution >= 4 is 28.2 Å². The van der Waals surface area contributed by atoms with E-state index in [4.69, 9.17) is 0 Å². The maximum atomic E-state index is 13.2. The lowest BCUT2D eigenvalue weighted by Gasteiger charge is -2.34. The molecule has 0 bridgehead atoms. The highest BCUT2D eigenvalue weighted by molar-refractivity contribution is 6.23. The van der Waals surface area contributed by atoms with Crippen molar-refractivity contribution in [3.05, 3.63) is 113 Å². The standard InChI is InChI=1S/C25H17NO3/c27-23(16-8-3-1-4-9-16)19-14-15-21-22-18(19)12-7-13-20(22)24(28)26(25(21)29)17-10-5-2-6-11-17/h1-15,24,28H. The van der Waals surface area contributed by atoms with Gasteiger partial charge in [0.15, 0.2) is 12.0 Å². The Labute approximate surface area is 167 Å². The first-order valence-corrected chi connectivity index (χ1v) is 9.39. The number of para-hydroxylation sites is 1. The second-order valence-electron chi connectivity index (χ2n) is 7.01. The third-order valence-corrected chi connectivity index (χ3v) is 5.36. The summed E-state index contributed by atoms with van der Waals surface area (Å²) in [6.45, 7) is 0. The molecule has 4 heteroatoms. The largest absolute Gasteiger partial charge is 0.369 e. The van der Waals surface area contributed by atoms with Crippen molar-refractivity contribution in [1.29, 1.82) is 0 Å². The van der Waals surface area contributed by atoms with Crippen LogP contribution in [0.4, 0.5) is 5.69 Å². The molecule has 1 amide bonds. The second kappa shape index (κ2) is 6.69. The number of rotatable bonds is 3. The minimum absolute atomic E-state index is 0.110. The molecule has 140 valence electrons. The topological polar surface area (TPSA) is 57.6 Å². The van der Waals surface area contributed by atoms with Gasteiger partial charge >= 0.3 is 0 Å². The van der Waals surface area contributed by atoms with Gasteiger partial charge in [-0.3, -0.25) is 14.5 Å². The molecule has 1 heterocycles. The van der Waals surface area contributed by atoms with Gasteiger partial charge in [0.2, 0.25) is 0 Å². The molecule has 0 fully saturated rings. The Balaban J connectivity index is 1.71. The van der Waals surface area contributed by atoms with E-state index in [9.17, 15) is 14.7 Å². The van der Waals surface area contributed by atoms with Crippen LogP contribution in [0.3, 0.4) is 0 Å². The zero-order valence-electron chi connectivity index (χ0n) is 15.4. The number of amides is 1. The second-order valence-corrected chi connectivity index (χ2v) is 7.01. The zero-order valence-corrected chi connectivity index (χ0v) is 15.4. The van der Waals surface area contributed by atoms with Gasteiger partial charge in [-0.1, -0.05) is 66.7 Å². The summed E-state index contributed by atoms with van der Waals surface area (Å²) in [7, 11) is 0. The lowest BCUT2D eigenvalue weighted by Crippen LogP contribution is -2.38. The van der Waals surface area contributed by atoms with Crippen LogP contribution >= 0.6 is 0 Å². The van der Waals surface area contributed by atoms with Gasteiger partial charge in [0.05, 0.1) is 0 Å². The summed E-state index contributed by atoms with van der Waals surface area (Å²) in [6, 6.07) is 27.0. The molecule has 0 spiro atoms. The fourth-order valence-electron chi connectivity index (χ4n) is 4.00. The molecule has 1 atom stereocenters.